The van der Waals surface area contributed by atoms with E-state index >= 15 is 0 Å². The maximum atomic E-state index is 8.65. The van der Waals surface area contributed by atoms with Gasteiger partial charge in [0.25, 0.3) is 0 Å². The van der Waals surface area contributed by atoms with E-state index in [1.54, 1.807) is 12.4 Å². The van der Waals surface area contributed by atoms with E-state index in [0.29, 0.717) is 30.4 Å². The molecule has 0 aliphatic heterocycles. The number of hydrogen-bond acceptors (Lipinski definition) is 6. The smallest absolute Gasteiger partial charge is 0.151 e. The second-order valence-electron chi connectivity index (χ2n) is 4.32. The van der Waals surface area contributed by atoms with E-state index in [2.05, 4.69) is 20.1 Å². The molecule has 7 nitrogen and oxygen atoms in total. The Labute approximate surface area is 127 Å². The Kier molecular flexibility index (Phi) is 5.28. The van der Waals surface area contributed by atoms with Gasteiger partial charge in [0.2, 0.25) is 0 Å². The molecule has 0 radical (unpaired) electrons. The fourth-order valence-corrected chi connectivity index (χ4v) is 2.03. The fraction of sp³-hybridized carbons (Fsp3) is 0.231. The van der Waals surface area contributed by atoms with Crippen molar-refractivity contribution in [1.29, 1.82) is 0 Å². The molecule has 0 saturated heterocycles. The second kappa shape index (κ2) is 7.39. The van der Waals surface area contributed by atoms with Crippen molar-refractivity contribution in [3.8, 4) is 0 Å². The van der Waals surface area contributed by atoms with Crippen LogP contribution in [-0.4, -0.2) is 32.5 Å². The van der Waals surface area contributed by atoms with Gasteiger partial charge in [-0.05, 0) is 11.6 Å². The first-order valence-electron chi connectivity index (χ1n) is 6.26. The van der Waals surface area contributed by atoms with Gasteiger partial charge in [-0.1, -0.05) is 22.8 Å². The molecule has 0 amide bonds. The zero-order valence-corrected chi connectivity index (χ0v) is 12.0. The number of oxime groups is 1. The summed E-state index contributed by atoms with van der Waals surface area (Å²) in [4.78, 5) is 14.1. The number of nitrogens with zero attached hydrogens (tertiary/aromatic N) is 5. The van der Waals surface area contributed by atoms with Gasteiger partial charge in [-0.15, -0.1) is 0 Å². The van der Waals surface area contributed by atoms with Gasteiger partial charge in [-0.25, -0.2) is 9.97 Å². The van der Waals surface area contributed by atoms with E-state index in [1.165, 1.54) is 12.5 Å². The highest BCUT2D eigenvalue weighted by Gasteiger charge is 2.13. The van der Waals surface area contributed by atoms with Crippen molar-refractivity contribution in [2.45, 2.75) is 13.0 Å². The molecular formula is C13H15ClN6O. The summed E-state index contributed by atoms with van der Waals surface area (Å²) in [5.74, 6) is 0.748. The lowest BCUT2D eigenvalue weighted by Gasteiger charge is -2.24. The van der Waals surface area contributed by atoms with Crippen LogP contribution < -0.4 is 10.6 Å². The van der Waals surface area contributed by atoms with E-state index in [-0.39, 0.29) is 5.84 Å². The number of hydrogen-bond donors (Lipinski definition) is 2. The van der Waals surface area contributed by atoms with Gasteiger partial charge < -0.3 is 15.8 Å². The van der Waals surface area contributed by atoms with Crippen LogP contribution in [-0.2, 0) is 6.54 Å². The van der Waals surface area contributed by atoms with Crippen molar-refractivity contribution >= 4 is 23.3 Å². The first-order valence-corrected chi connectivity index (χ1v) is 6.64. The summed E-state index contributed by atoms with van der Waals surface area (Å²) < 4.78 is 0. The summed E-state index contributed by atoms with van der Waals surface area (Å²) in [5.41, 5.74) is 6.53. The molecule has 0 aliphatic rings. The maximum absolute atomic E-state index is 8.65. The standard InChI is InChI=1S/C13H15ClN6O/c14-11-7-17-9-18-13(11)20(5-3-12(15)19-21)8-10-2-1-4-16-6-10/h1-2,4,6-7,9,21H,3,5,8H2,(H2,15,19). The third-order valence-electron chi connectivity index (χ3n) is 2.81. The minimum absolute atomic E-state index is 0.149. The first kappa shape index (κ1) is 15.0. The lowest BCUT2D eigenvalue weighted by atomic mass is 10.2. The van der Waals surface area contributed by atoms with Crippen LogP contribution in [0.25, 0.3) is 0 Å². The molecule has 2 aromatic heterocycles. The summed E-state index contributed by atoms with van der Waals surface area (Å²) in [6.45, 7) is 1.06. The van der Waals surface area contributed by atoms with Gasteiger partial charge in [0, 0.05) is 31.9 Å². The summed E-state index contributed by atoms with van der Waals surface area (Å²) in [6.07, 6.45) is 6.83. The lowest BCUT2D eigenvalue weighted by Crippen LogP contribution is -2.29. The van der Waals surface area contributed by atoms with E-state index in [1.807, 2.05) is 17.0 Å². The van der Waals surface area contributed by atoms with Crippen LogP contribution in [0.15, 0.2) is 42.2 Å². The molecule has 21 heavy (non-hydrogen) atoms. The highest BCUT2D eigenvalue weighted by Crippen LogP contribution is 2.23. The van der Waals surface area contributed by atoms with Crippen LogP contribution in [0.5, 0.6) is 0 Å². The minimum Gasteiger partial charge on any atom is -0.409 e. The molecular weight excluding hydrogens is 292 g/mol. The van der Waals surface area contributed by atoms with Crippen LogP contribution in [0.4, 0.5) is 5.82 Å². The highest BCUT2D eigenvalue weighted by atomic mass is 35.5. The number of pyridine rings is 1. The number of halogens is 1. The number of anilines is 1. The Morgan fingerprint density at radius 1 is 1.38 bits per heavy atom. The molecule has 2 rings (SSSR count). The van der Waals surface area contributed by atoms with Crippen molar-refractivity contribution in [1.82, 2.24) is 15.0 Å². The Balaban J connectivity index is 2.20. The number of rotatable bonds is 6. The summed E-state index contributed by atoms with van der Waals surface area (Å²) in [7, 11) is 0. The molecule has 0 saturated carbocycles. The average molecular weight is 307 g/mol. The molecule has 2 heterocycles. The normalized spacial score (nSPS) is 11.4. The van der Waals surface area contributed by atoms with Gasteiger partial charge in [0.05, 0.1) is 6.20 Å². The highest BCUT2D eigenvalue weighted by molar-refractivity contribution is 6.32. The topological polar surface area (TPSA) is 101 Å². The molecule has 0 fully saturated rings. The van der Waals surface area contributed by atoms with Crippen LogP contribution in [0.2, 0.25) is 5.02 Å². The summed E-state index contributed by atoms with van der Waals surface area (Å²) >= 11 is 6.14. The average Bonchev–Trinajstić information content (AvgIpc) is 2.52. The molecule has 0 spiro atoms. The van der Waals surface area contributed by atoms with Crippen molar-refractivity contribution in [2.75, 3.05) is 11.4 Å². The molecule has 3 N–H and O–H groups in total. The number of aromatic nitrogens is 3. The van der Waals surface area contributed by atoms with Crippen LogP contribution in [0, 0.1) is 0 Å². The minimum atomic E-state index is 0.149. The predicted octanol–water partition coefficient (Wildman–Crippen LogP) is 1.67. The van der Waals surface area contributed by atoms with Gasteiger partial charge >= 0.3 is 0 Å². The predicted molar refractivity (Wildman–Crippen MR) is 80.4 cm³/mol. The Hall–Kier alpha value is -2.41. The van der Waals surface area contributed by atoms with Crippen LogP contribution >= 0.6 is 11.6 Å². The molecule has 110 valence electrons. The van der Waals surface area contributed by atoms with Gasteiger partial charge in [0.1, 0.15) is 17.2 Å². The summed E-state index contributed by atoms with van der Waals surface area (Å²) in [5, 5.41) is 12.1. The monoisotopic (exact) mass is 306 g/mol. The van der Waals surface area contributed by atoms with E-state index in [4.69, 9.17) is 22.5 Å². The van der Waals surface area contributed by atoms with E-state index < -0.39 is 0 Å². The van der Waals surface area contributed by atoms with Crippen molar-refractivity contribution in [2.24, 2.45) is 10.9 Å². The van der Waals surface area contributed by atoms with Crippen LogP contribution in [0.3, 0.4) is 0 Å². The SMILES string of the molecule is N/C(CCN(Cc1cccnc1)c1ncncc1Cl)=N/O. The molecule has 0 unspecified atom stereocenters. The zero-order chi connectivity index (χ0) is 15.1. The third kappa shape index (κ3) is 4.28. The Morgan fingerprint density at radius 3 is 2.90 bits per heavy atom. The molecule has 0 atom stereocenters. The largest absolute Gasteiger partial charge is 0.409 e. The Morgan fingerprint density at radius 2 is 2.24 bits per heavy atom. The molecule has 0 aliphatic carbocycles. The Bertz CT molecular complexity index is 607. The quantitative estimate of drug-likeness (QED) is 0.364. The second-order valence-corrected chi connectivity index (χ2v) is 4.73. The van der Waals surface area contributed by atoms with Gasteiger partial charge in [-0.3, -0.25) is 4.98 Å². The van der Waals surface area contributed by atoms with Crippen molar-refractivity contribution < 1.29 is 5.21 Å². The fourth-order valence-electron chi connectivity index (χ4n) is 1.81. The molecule has 2 aromatic rings. The third-order valence-corrected chi connectivity index (χ3v) is 3.08. The van der Waals surface area contributed by atoms with Crippen molar-refractivity contribution in [3.63, 3.8) is 0 Å². The van der Waals surface area contributed by atoms with Crippen molar-refractivity contribution in [3.05, 3.63) is 47.6 Å². The van der Waals surface area contributed by atoms with E-state index in [9.17, 15) is 0 Å². The first-order chi connectivity index (χ1) is 10.2. The number of nitrogens with two attached hydrogens (primary N) is 1. The molecule has 0 aromatic carbocycles. The summed E-state index contributed by atoms with van der Waals surface area (Å²) in [6, 6.07) is 3.82. The van der Waals surface area contributed by atoms with E-state index in [0.717, 1.165) is 5.56 Å². The lowest BCUT2D eigenvalue weighted by molar-refractivity contribution is 0.317. The van der Waals surface area contributed by atoms with Crippen LogP contribution in [0.1, 0.15) is 12.0 Å². The molecule has 0 bridgehead atoms. The molecule has 8 heteroatoms. The van der Waals surface area contributed by atoms with Gasteiger partial charge in [0.15, 0.2) is 5.82 Å². The number of amidine groups is 1. The van der Waals surface area contributed by atoms with Gasteiger partial charge in [-0.2, -0.15) is 0 Å². The maximum Gasteiger partial charge on any atom is 0.151 e. The zero-order valence-electron chi connectivity index (χ0n) is 11.2.